The smallest absolute Gasteiger partial charge is 0.352 e. The molecule has 0 spiro atoms. The number of benzene rings is 1. The number of halogens is 3. The molecular weight excluding hydrogens is 381 g/mol. The minimum atomic E-state index is -4.24. The molecule has 0 aliphatic carbocycles. The lowest BCUT2D eigenvalue weighted by Gasteiger charge is -2.29. The summed E-state index contributed by atoms with van der Waals surface area (Å²) in [5, 5.41) is 0. The molecule has 2 fully saturated rings. The van der Waals surface area contributed by atoms with Crippen molar-refractivity contribution in [1.29, 1.82) is 0 Å². The highest BCUT2D eigenvalue weighted by Gasteiger charge is 2.31. The molecule has 2 saturated heterocycles. The summed E-state index contributed by atoms with van der Waals surface area (Å²) in [6.07, 6.45) is 2.55. The maximum Gasteiger partial charge on any atom is 0.416 e. The lowest BCUT2D eigenvalue weighted by atomic mass is 9.93. The molecular formula is C22H32F3O2Si. The van der Waals surface area contributed by atoms with Crippen LogP contribution >= 0.6 is 0 Å². The van der Waals surface area contributed by atoms with Crippen LogP contribution in [0.25, 0.3) is 0 Å². The number of unbranched alkanes of at least 4 members (excludes halogenated alkanes) is 1. The predicted octanol–water partition coefficient (Wildman–Crippen LogP) is 6.65. The van der Waals surface area contributed by atoms with Gasteiger partial charge in [-0.05, 0) is 55.7 Å². The third-order valence-electron chi connectivity index (χ3n) is 6.24. The Morgan fingerprint density at radius 3 is 2.21 bits per heavy atom. The van der Waals surface area contributed by atoms with Crippen molar-refractivity contribution >= 4 is 8.80 Å². The first-order valence-electron chi connectivity index (χ1n) is 10.7. The van der Waals surface area contributed by atoms with E-state index in [4.69, 9.17) is 9.47 Å². The van der Waals surface area contributed by atoms with Gasteiger partial charge in [0.2, 0.25) is 0 Å². The molecule has 157 valence electrons. The first-order chi connectivity index (χ1) is 13.5. The summed E-state index contributed by atoms with van der Waals surface area (Å²) in [6, 6.07) is 9.73. The van der Waals surface area contributed by atoms with E-state index < -0.39 is 11.7 Å². The zero-order chi connectivity index (χ0) is 20.0. The van der Waals surface area contributed by atoms with Crippen LogP contribution in [0.15, 0.2) is 24.3 Å². The average molecular weight is 414 g/mol. The van der Waals surface area contributed by atoms with E-state index in [9.17, 15) is 13.2 Å². The Balaban J connectivity index is 1.31. The molecule has 1 radical (unpaired) electrons. The van der Waals surface area contributed by atoms with Gasteiger partial charge in [-0.2, -0.15) is 13.2 Å². The lowest BCUT2D eigenvalue weighted by molar-refractivity contribution is -0.203. The van der Waals surface area contributed by atoms with E-state index in [2.05, 4.69) is 6.92 Å². The van der Waals surface area contributed by atoms with Gasteiger partial charge in [0.1, 0.15) is 0 Å². The molecule has 0 unspecified atom stereocenters. The van der Waals surface area contributed by atoms with E-state index in [0.717, 1.165) is 50.9 Å². The third kappa shape index (κ3) is 6.33. The predicted molar refractivity (Wildman–Crippen MR) is 107 cm³/mol. The molecule has 0 aromatic heterocycles. The highest BCUT2D eigenvalue weighted by Crippen LogP contribution is 2.37. The number of hydrogen-bond acceptors (Lipinski definition) is 2. The van der Waals surface area contributed by atoms with Gasteiger partial charge in [0.05, 0.1) is 18.8 Å². The number of hydrogen-bond donors (Lipinski definition) is 0. The number of alkyl halides is 3. The SMILES string of the molecule is CCC1COC(CCCC[Si]2CCC(c3ccc(C(F)(F)F)cc3)CC2)OC1. The van der Waals surface area contributed by atoms with Gasteiger partial charge in [-0.15, -0.1) is 0 Å². The molecule has 2 heterocycles. The standard InChI is InChI=1S/C22H32F3O2Si/c1-2-17-15-26-21(27-16-17)5-3-4-12-28-13-10-19(11-14-28)18-6-8-20(9-7-18)22(23,24)25/h6-9,17,19,21H,2-5,10-16H2,1H3. The van der Waals surface area contributed by atoms with Crippen LogP contribution in [-0.2, 0) is 15.7 Å². The Bertz CT molecular complexity index is 574. The summed E-state index contributed by atoms with van der Waals surface area (Å²) >= 11 is 0. The fraction of sp³-hybridized carbons (Fsp3) is 0.727. The largest absolute Gasteiger partial charge is 0.416 e. The zero-order valence-electron chi connectivity index (χ0n) is 16.8. The molecule has 28 heavy (non-hydrogen) atoms. The molecule has 3 rings (SSSR count). The van der Waals surface area contributed by atoms with Crippen LogP contribution in [0.4, 0.5) is 13.2 Å². The minimum Gasteiger partial charge on any atom is -0.352 e. The lowest BCUT2D eigenvalue weighted by Crippen LogP contribution is -2.31. The van der Waals surface area contributed by atoms with Crippen LogP contribution in [0, 0.1) is 5.92 Å². The van der Waals surface area contributed by atoms with Crippen molar-refractivity contribution in [2.75, 3.05) is 13.2 Å². The maximum absolute atomic E-state index is 12.7. The zero-order valence-corrected chi connectivity index (χ0v) is 17.8. The first-order valence-corrected chi connectivity index (χ1v) is 12.8. The molecule has 6 heteroatoms. The van der Waals surface area contributed by atoms with Gasteiger partial charge in [-0.25, -0.2) is 0 Å². The van der Waals surface area contributed by atoms with Gasteiger partial charge in [0, 0.05) is 14.7 Å². The second-order valence-corrected chi connectivity index (χ2v) is 11.3. The highest BCUT2D eigenvalue weighted by molar-refractivity contribution is 6.59. The monoisotopic (exact) mass is 413 g/mol. The molecule has 2 nitrogen and oxygen atoms in total. The van der Waals surface area contributed by atoms with Gasteiger partial charge in [0.15, 0.2) is 6.29 Å². The van der Waals surface area contributed by atoms with Gasteiger partial charge in [0.25, 0.3) is 0 Å². The van der Waals surface area contributed by atoms with Crippen molar-refractivity contribution < 1.29 is 22.6 Å². The van der Waals surface area contributed by atoms with Gasteiger partial charge >= 0.3 is 6.18 Å². The fourth-order valence-electron chi connectivity index (χ4n) is 4.23. The summed E-state index contributed by atoms with van der Waals surface area (Å²) in [5.74, 6) is 0.994. The molecule has 1 aromatic rings. The maximum atomic E-state index is 12.7. The summed E-state index contributed by atoms with van der Waals surface area (Å²) in [5.41, 5.74) is 0.527. The van der Waals surface area contributed by atoms with E-state index >= 15 is 0 Å². The topological polar surface area (TPSA) is 18.5 Å². The molecule has 2 aliphatic rings. The molecule has 2 aliphatic heterocycles. The summed E-state index contributed by atoms with van der Waals surface area (Å²) in [6.45, 7) is 3.84. The van der Waals surface area contributed by atoms with Crippen molar-refractivity contribution in [1.82, 2.24) is 0 Å². The van der Waals surface area contributed by atoms with Crippen LogP contribution in [0.1, 0.15) is 62.5 Å². The Labute approximate surface area is 168 Å². The minimum absolute atomic E-state index is 0.00423. The normalized spacial score (nSPS) is 25.1. The Morgan fingerprint density at radius 1 is 1.00 bits per heavy atom. The van der Waals surface area contributed by atoms with Gasteiger partial charge in [-0.3, -0.25) is 0 Å². The van der Waals surface area contributed by atoms with Crippen LogP contribution in [0.2, 0.25) is 18.1 Å². The van der Waals surface area contributed by atoms with Crippen LogP contribution in [0.5, 0.6) is 0 Å². The van der Waals surface area contributed by atoms with Crippen molar-refractivity contribution in [3.05, 3.63) is 35.4 Å². The van der Waals surface area contributed by atoms with Gasteiger partial charge in [-0.1, -0.05) is 43.6 Å². The average Bonchev–Trinajstić information content (AvgIpc) is 2.71. The Kier molecular flexibility index (Phi) is 8.00. The second-order valence-electron chi connectivity index (χ2n) is 8.26. The van der Waals surface area contributed by atoms with Crippen LogP contribution in [0.3, 0.4) is 0 Å². The fourth-order valence-corrected chi connectivity index (χ4v) is 7.24. The number of ether oxygens (including phenoxy) is 2. The molecule has 0 amide bonds. The Hall–Kier alpha value is -0.853. The van der Waals surface area contributed by atoms with Crippen molar-refractivity contribution in [3.8, 4) is 0 Å². The van der Waals surface area contributed by atoms with Crippen LogP contribution < -0.4 is 0 Å². The van der Waals surface area contributed by atoms with E-state index in [1.807, 2.05) is 0 Å². The highest BCUT2D eigenvalue weighted by atomic mass is 28.3. The van der Waals surface area contributed by atoms with E-state index in [1.54, 1.807) is 12.1 Å². The van der Waals surface area contributed by atoms with E-state index in [-0.39, 0.29) is 15.1 Å². The summed E-state index contributed by atoms with van der Waals surface area (Å²) in [4.78, 5) is 0. The molecule has 0 bridgehead atoms. The molecule has 0 atom stereocenters. The quantitative estimate of drug-likeness (QED) is 0.368. The first kappa shape index (κ1) is 21.8. The molecule has 0 N–H and O–H groups in total. The number of rotatable bonds is 7. The molecule has 1 aromatic carbocycles. The summed E-state index contributed by atoms with van der Waals surface area (Å²) < 4.78 is 49.7. The van der Waals surface area contributed by atoms with Crippen molar-refractivity contribution in [2.45, 2.75) is 82.0 Å². The van der Waals surface area contributed by atoms with E-state index in [0.29, 0.717) is 11.8 Å². The Morgan fingerprint density at radius 2 is 1.64 bits per heavy atom. The van der Waals surface area contributed by atoms with Crippen molar-refractivity contribution in [2.24, 2.45) is 5.92 Å². The molecule has 0 saturated carbocycles. The van der Waals surface area contributed by atoms with Gasteiger partial charge < -0.3 is 9.47 Å². The van der Waals surface area contributed by atoms with Crippen molar-refractivity contribution in [3.63, 3.8) is 0 Å². The summed E-state index contributed by atoms with van der Waals surface area (Å²) in [7, 11) is -0.295. The second kappa shape index (κ2) is 10.3. The van der Waals surface area contributed by atoms with E-state index in [1.165, 1.54) is 36.7 Å². The third-order valence-corrected chi connectivity index (χ3v) is 9.29. The van der Waals surface area contributed by atoms with Crippen LogP contribution in [-0.4, -0.2) is 28.3 Å².